The van der Waals surface area contributed by atoms with Crippen molar-refractivity contribution in [1.29, 1.82) is 0 Å². The zero-order chi connectivity index (χ0) is 18.8. The molecule has 0 atom stereocenters. The molecule has 0 amide bonds. The predicted octanol–water partition coefficient (Wildman–Crippen LogP) is 8.86. The molecule has 0 saturated heterocycles. The van der Waals surface area contributed by atoms with Gasteiger partial charge in [0.15, 0.2) is 0 Å². The van der Waals surface area contributed by atoms with Gasteiger partial charge in [-0.25, -0.2) is 0 Å². The van der Waals surface area contributed by atoms with Gasteiger partial charge in [-0.15, -0.1) is 11.6 Å². The van der Waals surface area contributed by atoms with E-state index in [1.54, 1.807) is 0 Å². The van der Waals surface area contributed by atoms with Crippen LogP contribution in [0.4, 0.5) is 0 Å². The Morgan fingerprint density at radius 1 is 0.520 bits per heavy atom. The molecule has 0 aromatic rings. The molecule has 0 spiro atoms. The summed E-state index contributed by atoms with van der Waals surface area (Å²) in [6.45, 7) is 4.18. The zero-order valence-electron chi connectivity index (χ0n) is 17.5. The van der Waals surface area contributed by atoms with E-state index in [2.05, 4.69) is 6.92 Å². The van der Waals surface area contributed by atoms with Gasteiger partial charge < -0.3 is 4.79 Å². The summed E-state index contributed by atoms with van der Waals surface area (Å²) in [6, 6.07) is 0. The monoisotopic (exact) mass is 374 g/mol. The van der Waals surface area contributed by atoms with Crippen molar-refractivity contribution < 1.29 is 4.79 Å². The molecule has 0 aliphatic heterocycles. The van der Waals surface area contributed by atoms with E-state index < -0.39 is 0 Å². The fourth-order valence-corrected chi connectivity index (χ4v) is 3.13. The van der Waals surface area contributed by atoms with Crippen LogP contribution in [0.1, 0.15) is 136 Å². The minimum atomic E-state index is 0.722. The average molecular weight is 375 g/mol. The average Bonchev–Trinajstić information content (AvgIpc) is 2.61. The van der Waals surface area contributed by atoms with Crippen LogP contribution in [-0.2, 0) is 4.79 Å². The van der Waals surface area contributed by atoms with Gasteiger partial charge >= 0.3 is 0 Å². The first-order chi connectivity index (χ1) is 12.3. The molecule has 0 saturated carbocycles. The van der Waals surface area contributed by atoms with Crippen molar-refractivity contribution in [2.24, 2.45) is 0 Å². The van der Waals surface area contributed by atoms with E-state index in [1.807, 2.05) is 6.92 Å². The third kappa shape index (κ3) is 32.1. The molecule has 0 radical (unpaired) electrons. The normalized spacial score (nSPS) is 10.4. The number of carbonyl (C=O) groups excluding carboxylic acids is 1. The molecule has 0 aromatic carbocycles. The highest BCUT2D eigenvalue weighted by atomic mass is 35.5. The summed E-state index contributed by atoms with van der Waals surface area (Å²) < 4.78 is 0. The van der Waals surface area contributed by atoms with Crippen molar-refractivity contribution >= 4 is 17.9 Å². The lowest BCUT2D eigenvalue weighted by Crippen LogP contribution is -1.84. The Balaban J connectivity index is 0. The summed E-state index contributed by atoms with van der Waals surface area (Å²) in [7, 11) is 0. The van der Waals surface area contributed by atoms with E-state index in [0.717, 1.165) is 25.0 Å². The number of aldehydes is 1. The number of rotatable bonds is 19. The van der Waals surface area contributed by atoms with Crippen LogP contribution in [0, 0.1) is 0 Å². The molecule has 0 aromatic heterocycles. The predicted molar refractivity (Wildman–Crippen MR) is 116 cm³/mol. The van der Waals surface area contributed by atoms with E-state index in [-0.39, 0.29) is 0 Å². The van der Waals surface area contributed by atoms with Crippen LogP contribution in [-0.4, -0.2) is 12.2 Å². The molecule has 0 aliphatic carbocycles. The zero-order valence-corrected chi connectivity index (χ0v) is 18.3. The Morgan fingerprint density at radius 3 is 1.00 bits per heavy atom. The third-order valence-electron chi connectivity index (χ3n) is 4.68. The van der Waals surface area contributed by atoms with Gasteiger partial charge in [0, 0.05) is 12.3 Å². The van der Waals surface area contributed by atoms with Gasteiger partial charge in [-0.05, 0) is 6.42 Å². The Kier molecular flexibility index (Phi) is 31.3. The Morgan fingerprint density at radius 2 is 0.760 bits per heavy atom. The number of hydrogen-bond donors (Lipinski definition) is 0. The van der Waals surface area contributed by atoms with Crippen LogP contribution in [0.2, 0.25) is 0 Å². The summed E-state index contributed by atoms with van der Waals surface area (Å²) in [4.78, 5) is 10.2. The maximum Gasteiger partial charge on any atom is 0.119 e. The Labute approximate surface area is 164 Å². The molecular formula is C23H47ClO. The van der Waals surface area contributed by atoms with Crippen molar-refractivity contribution in [3.05, 3.63) is 0 Å². The molecule has 152 valence electrons. The first-order valence-corrected chi connectivity index (χ1v) is 11.9. The first kappa shape index (κ1) is 27.2. The second-order valence-electron chi connectivity index (χ2n) is 7.23. The summed E-state index contributed by atoms with van der Waals surface area (Å²) >= 11 is 5.00. The molecule has 0 unspecified atom stereocenters. The van der Waals surface area contributed by atoms with Crippen molar-refractivity contribution in [3.63, 3.8) is 0 Å². The molecule has 25 heavy (non-hydrogen) atoms. The van der Waals surface area contributed by atoms with E-state index in [9.17, 15) is 4.79 Å². The first-order valence-electron chi connectivity index (χ1n) is 11.3. The Hall–Kier alpha value is -0.0400. The van der Waals surface area contributed by atoms with Crippen LogP contribution >= 0.6 is 11.6 Å². The van der Waals surface area contributed by atoms with Crippen molar-refractivity contribution in [2.45, 2.75) is 136 Å². The van der Waals surface area contributed by atoms with Crippen LogP contribution < -0.4 is 0 Å². The van der Waals surface area contributed by atoms with Gasteiger partial charge in [0.05, 0.1) is 0 Å². The van der Waals surface area contributed by atoms with Gasteiger partial charge in [-0.1, -0.05) is 123 Å². The summed E-state index contributed by atoms with van der Waals surface area (Å²) in [6.07, 6.45) is 27.0. The number of halogens is 1. The molecule has 1 nitrogen and oxygen atoms in total. The number of unbranched alkanes of at least 4 members (excludes halogenated alkanes) is 18. The maximum absolute atomic E-state index is 10.2. The highest BCUT2D eigenvalue weighted by molar-refractivity contribution is 6.17. The van der Waals surface area contributed by atoms with Crippen LogP contribution in [0.3, 0.4) is 0 Å². The third-order valence-corrected chi connectivity index (χ3v) is 4.68. The summed E-state index contributed by atoms with van der Waals surface area (Å²) in [5.74, 6) is 0.722. The highest BCUT2D eigenvalue weighted by Crippen LogP contribution is 2.14. The van der Waals surface area contributed by atoms with Gasteiger partial charge in [-0.3, -0.25) is 0 Å². The number of carbonyl (C=O) groups is 1. The van der Waals surface area contributed by atoms with Crippen molar-refractivity contribution in [3.8, 4) is 0 Å². The molecule has 0 rings (SSSR count). The van der Waals surface area contributed by atoms with E-state index in [4.69, 9.17) is 11.6 Å². The van der Waals surface area contributed by atoms with Gasteiger partial charge in [0.1, 0.15) is 6.29 Å². The molecular weight excluding hydrogens is 328 g/mol. The van der Waals surface area contributed by atoms with E-state index >= 15 is 0 Å². The summed E-state index contributed by atoms with van der Waals surface area (Å²) in [5.41, 5.74) is 0. The van der Waals surface area contributed by atoms with E-state index in [1.165, 1.54) is 109 Å². The van der Waals surface area contributed by atoms with Gasteiger partial charge in [0.2, 0.25) is 0 Å². The lowest BCUT2D eigenvalue weighted by Gasteiger charge is -2.03. The highest BCUT2D eigenvalue weighted by Gasteiger charge is 1.94. The maximum atomic E-state index is 10.2. The molecule has 0 fully saturated rings. The van der Waals surface area contributed by atoms with Gasteiger partial charge in [0.25, 0.3) is 0 Å². The minimum absolute atomic E-state index is 0.722. The van der Waals surface area contributed by atoms with Crippen LogP contribution in [0.25, 0.3) is 0 Å². The number of alkyl halides is 1. The lowest BCUT2D eigenvalue weighted by atomic mass is 10.0. The van der Waals surface area contributed by atoms with Crippen molar-refractivity contribution in [2.75, 3.05) is 5.88 Å². The quantitative estimate of drug-likeness (QED) is 0.125. The second kappa shape index (κ2) is 28.8. The molecule has 0 aliphatic rings. The SMILES string of the molecule is CCCCCCCCCCCCCCCCCCCCC=O.CCCl. The van der Waals surface area contributed by atoms with Crippen LogP contribution in [0.15, 0.2) is 0 Å². The fourth-order valence-electron chi connectivity index (χ4n) is 3.13. The topological polar surface area (TPSA) is 17.1 Å². The molecule has 0 heterocycles. The van der Waals surface area contributed by atoms with Crippen molar-refractivity contribution in [1.82, 2.24) is 0 Å². The smallest absolute Gasteiger partial charge is 0.119 e. The lowest BCUT2D eigenvalue weighted by molar-refractivity contribution is -0.107. The Bertz CT molecular complexity index is 218. The molecule has 2 heteroatoms. The fraction of sp³-hybridized carbons (Fsp3) is 0.957. The molecule has 0 N–H and O–H groups in total. The van der Waals surface area contributed by atoms with E-state index in [0.29, 0.717) is 0 Å². The molecule has 0 bridgehead atoms. The largest absolute Gasteiger partial charge is 0.303 e. The standard InChI is InChI=1S/C21H42O.C2H5Cl/c1-2-3-4-5-6-7-8-9-10-11-12-13-14-15-16-17-18-19-20-21-22;1-2-3/h21H,2-20H2,1H3;2H2,1H3. The summed E-state index contributed by atoms with van der Waals surface area (Å²) in [5, 5.41) is 0. The minimum Gasteiger partial charge on any atom is -0.303 e. The second-order valence-corrected chi connectivity index (χ2v) is 7.77. The number of hydrogen-bond acceptors (Lipinski definition) is 1. The van der Waals surface area contributed by atoms with Crippen LogP contribution in [0.5, 0.6) is 0 Å². The van der Waals surface area contributed by atoms with Gasteiger partial charge in [-0.2, -0.15) is 0 Å².